The maximum atomic E-state index is 13.9. The number of benzene rings is 3. The van der Waals surface area contributed by atoms with E-state index < -0.39 is 28.5 Å². The van der Waals surface area contributed by atoms with Crippen LogP contribution in [0.4, 0.5) is 5.69 Å². The fourth-order valence-corrected chi connectivity index (χ4v) is 5.45. The second kappa shape index (κ2) is 13.1. The van der Waals surface area contributed by atoms with E-state index >= 15 is 0 Å². The molecular formula is C29H35N3O4S. The van der Waals surface area contributed by atoms with Gasteiger partial charge >= 0.3 is 0 Å². The fraction of sp³-hybridized carbons (Fsp3) is 0.310. The lowest BCUT2D eigenvalue weighted by molar-refractivity contribution is -0.140. The molecule has 37 heavy (non-hydrogen) atoms. The highest BCUT2D eigenvalue weighted by atomic mass is 32.2. The molecule has 0 saturated carbocycles. The van der Waals surface area contributed by atoms with Crippen LogP contribution in [0.25, 0.3) is 0 Å². The van der Waals surface area contributed by atoms with Gasteiger partial charge in [-0.05, 0) is 49.6 Å². The summed E-state index contributed by atoms with van der Waals surface area (Å²) in [6.07, 6.45) is 1.16. The average molecular weight is 522 g/mol. The smallest absolute Gasteiger partial charge is 0.264 e. The van der Waals surface area contributed by atoms with Gasteiger partial charge in [-0.15, -0.1) is 0 Å². The zero-order chi connectivity index (χ0) is 26.8. The third-order valence-corrected chi connectivity index (χ3v) is 7.85. The Balaban J connectivity index is 2.00. The summed E-state index contributed by atoms with van der Waals surface area (Å²) in [6.45, 7) is 6.03. The summed E-state index contributed by atoms with van der Waals surface area (Å²) in [5, 5.41) is 2.89. The van der Waals surface area contributed by atoms with Crippen LogP contribution >= 0.6 is 0 Å². The van der Waals surface area contributed by atoms with Crippen molar-refractivity contribution in [1.82, 2.24) is 10.2 Å². The molecule has 1 atom stereocenters. The largest absolute Gasteiger partial charge is 0.354 e. The van der Waals surface area contributed by atoms with Gasteiger partial charge in [0.05, 0.1) is 10.6 Å². The summed E-state index contributed by atoms with van der Waals surface area (Å²) in [5.74, 6) is -0.704. The number of nitrogens with zero attached hydrogens (tertiary/aromatic N) is 2. The van der Waals surface area contributed by atoms with Crippen LogP contribution in [0.2, 0.25) is 0 Å². The van der Waals surface area contributed by atoms with Crippen LogP contribution in [-0.2, 0) is 26.2 Å². The van der Waals surface area contributed by atoms with Crippen LogP contribution in [0.1, 0.15) is 37.8 Å². The van der Waals surface area contributed by atoms with Crippen LogP contribution in [0.5, 0.6) is 0 Å². The lowest BCUT2D eigenvalue weighted by Gasteiger charge is -2.33. The van der Waals surface area contributed by atoms with Crippen molar-refractivity contribution in [2.75, 3.05) is 17.4 Å². The Hall–Kier alpha value is -3.65. The average Bonchev–Trinajstić information content (AvgIpc) is 2.92. The van der Waals surface area contributed by atoms with Crippen molar-refractivity contribution in [1.29, 1.82) is 0 Å². The van der Waals surface area contributed by atoms with E-state index in [0.717, 1.165) is 21.9 Å². The van der Waals surface area contributed by atoms with E-state index in [1.165, 1.54) is 17.0 Å². The number of sulfonamides is 1. The molecule has 3 aromatic carbocycles. The van der Waals surface area contributed by atoms with Gasteiger partial charge in [-0.2, -0.15) is 0 Å². The van der Waals surface area contributed by atoms with Gasteiger partial charge in [-0.1, -0.05) is 80.1 Å². The molecule has 0 saturated heterocycles. The van der Waals surface area contributed by atoms with Crippen molar-refractivity contribution < 1.29 is 18.0 Å². The van der Waals surface area contributed by atoms with Crippen molar-refractivity contribution >= 4 is 27.5 Å². The number of carbonyl (C=O) groups excluding carboxylic acids is 2. The Morgan fingerprint density at radius 3 is 2.03 bits per heavy atom. The van der Waals surface area contributed by atoms with Gasteiger partial charge in [-0.3, -0.25) is 13.9 Å². The number of amides is 2. The van der Waals surface area contributed by atoms with Gasteiger partial charge in [0, 0.05) is 13.1 Å². The number of para-hydroxylation sites is 1. The Morgan fingerprint density at radius 1 is 0.865 bits per heavy atom. The molecule has 0 radical (unpaired) electrons. The van der Waals surface area contributed by atoms with Crippen LogP contribution in [0.15, 0.2) is 89.8 Å². The van der Waals surface area contributed by atoms with Crippen LogP contribution in [-0.4, -0.2) is 44.3 Å². The Kier molecular flexibility index (Phi) is 9.85. The summed E-state index contributed by atoms with van der Waals surface area (Å²) >= 11 is 0. The Morgan fingerprint density at radius 2 is 1.46 bits per heavy atom. The summed E-state index contributed by atoms with van der Waals surface area (Å²) in [4.78, 5) is 28.5. The lowest BCUT2D eigenvalue weighted by atomic mass is 10.1. The molecule has 0 spiro atoms. The second-order valence-electron chi connectivity index (χ2n) is 8.88. The maximum Gasteiger partial charge on any atom is 0.264 e. The number of hydrogen-bond acceptors (Lipinski definition) is 4. The molecule has 0 bridgehead atoms. The van der Waals surface area contributed by atoms with Gasteiger partial charge in [-0.25, -0.2) is 8.42 Å². The van der Waals surface area contributed by atoms with Crippen molar-refractivity contribution in [3.63, 3.8) is 0 Å². The zero-order valence-electron chi connectivity index (χ0n) is 21.6. The SMILES string of the molecule is CCCNC(=O)C(CC)N(Cc1ccc(C)cc1)C(=O)CN(c1ccccc1)S(=O)(=O)c1ccccc1. The molecule has 0 aromatic heterocycles. The molecule has 0 fully saturated rings. The van der Waals surface area contributed by atoms with Gasteiger partial charge < -0.3 is 10.2 Å². The second-order valence-corrected chi connectivity index (χ2v) is 10.7. The first-order valence-corrected chi connectivity index (χ1v) is 14.0. The predicted molar refractivity (Wildman–Crippen MR) is 147 cm³/mol. The topological polar surface area (TPSA) is 86.8 Å². The number of aryl methyl sites for hydroxylation is 1. The zero-order valence-corrected chi connectivity index (χ0v) is 22.4. The molecule has 8 heteroatoms. The standard InChI is InChI=1S/C29H35N3O4S/c1-4-20-30-29(34)27(5-2)31(21-24-18-16-23(3)17-19-24)28(33)22-32(25-12-8-6-9-13-25)37(35,36)26-14-10-7-11-15-26/h6-19,27H,4-5,20-22H2,1-3H3,(H,30,34). The van der Waals surface area contributed by atoms with Crippen LogP contribution < -0.4 is 9.62 Å². The lowest BCUT2D eigenvalue weighted by Crippen LogP contribution is -2.52. The first-order valence-electron chi connectivity index (χ1n) is 12.5. The Bertz CT molecular complexity index is 1260. The van der Waals surface area contributed by atoms with Gasteiger partial charge in [0.25, 0.3) is 10.0 Å². The Labute approximate surface area is 220 Å². The minimum atomic E-state index is -4.04. The molecule has 2 amide bonds. The van der Waals surface area contributed by atoms with E-state index in [1.807, 2.05) is 45.0 Å². The molecular weight excluding hydrogens is 486 g/mol. The van der Waals surface area contributed by atoms with E-state index in [9.17, 15) is 18.0 Å². The molecule has 7 nitrogen and oxygen atoms in total. The van der Waals surface area contributed by atoms with E-state index in [-0.39, 0.29) is 17.3 Å². The highest BCUT2D eigenvalue weighted by Gasteiger charge is 2.33. The molecule has 1 N–H and O–H groups in total. The summed E-state index contributed by atoms with van der Waals surface area (Å²) in [7, 11) is -4.04. The van der Waals surface area contributed by atoms with E-state index in [1.54, 1.807) is 48.5 Å². The molecule has 0 aliphatic heterocycles. The molecule has 0 aliphatic rings. The molecule has 196 valence electrons. The van der Waals surface area contributed by atoms with E-state index in [2.05, 4.69) is 5.32 Å². The number of carbonyl (C=O) groups is 2. The molecule has 0 aliphatic carbocycles. The number of nitrogens with one attached hydrogen (secondary N) is 1. The number of hydrogen-bond donors (Lipinski definition) is 1. The number of rotatable bonds is 12. The summed E-state index contributed by atoms with van der Waals surface area (Å²) in [5.41, 5.74) is 2.31. The van der Waals surface area contributed by atoms with Crippen molar-refractivity contribution in [3.05, 3.63) is 96.1 Å². The normalized spacial score (nSPS) is 12.0. The first-order chi connectivity index (χ1) is 17.8. The minimum Gasteiger partial charge on any atom is -0.354 e. The molecule has 3 aromatic rings. The highest BCUT2D eigenvalue weighted by molar-refractivity contribution is 7.92. The van der Waals surface area contributed by atoms with E-state index in [0.29, 0.717) is 18.7 Å². The third-order valence-electron chi connectivity index (χ3n) is 6.06. The van der Waals surface area contributed by atoms with Crippen LogP contribution in [0, 0.1) is 6.92 Å². The third kappa shape index (κ3) is 7.20. The van der Waals surface area contributed by atoms with Gasteiger partial charge in [0.2, 0.25) is 11.8 Å². The highest BCUT2D eigenvalue weighted by Crippen LogP contribution is 2.24. The first kappa shape index (κ1) is 27.9. The quantitative estimate of drug-likeness (QED) is 0.380. The fourth-order valence-electron chi connectivity index (χ4n) is 4.02. The summed E-state index contributed by atoms with van der Waals surface area (Å²) < 4.78 is 28.5. The van der Waals surface area contributed by atoms with E-state index in [4.69, 9.17) is 0 Å². The van der Waals surface area contributed by atoms with Crippen molar-refractivity contribution in [2.24, 2.45) is 0 Å². The molecule has 1 unspecified atom stereocenters. The van der Waals surface area contributed by atoms with Crippen LogP contribution in [0.3, 0.4) is 0 Å². The predicted octanol–water partition coefficient (Wildman–Crippen LogP) is 4.52. The van der Waals surface area contributed by atoms with Gasteiger partial charge in [0.1, 0.15) is 12.6 Å². The summed E-state index contributed by atoms with van der Waals surface area (Å²) in [6, 6.07) is 23.6. The minimum absolute atomic E-state index is 0.0875. The molecule has 3 rings (SSSR count). The van der Waals surface area contributed by atoms with Gasteiger partial charge in [0.15, 0.2) is 0 Å². The maximum absolute atomic E-state index is 13.9. The monoisotopic (exact) mass is 521 g/mol. The number of anilines is 1. The van der Waals surface area contributed by atoms with Crippen molar-refractivity contribution in [3.8, 4) is 0 Å². The van der Waals surface area contributed by atoms with Crippen molar-refractivity contribution in [2.45, 2.75) is 51.1 Å². The molecule has 0 heterocycles.